The van der Waals surface area contributed by atoms with Crippen molar-refractivity contribution in [2.24, 2.45) is 5.41 Å². The highest BCUT2D eigenvalue weighted by Crippen LogP contribution is 2.22. The zero-order valence-electron chi connectivity index (χ0n) is 21.2. The van der Waals surface area contributed by atoms with E-state index in [0.717, 1.165) is 21.3 Å². The summed E-state index contributed by atoms with van der Waals surface area (Å²) in [5, 5.41) is 2.63. The van der Waals surface area contributed by atoms with Crippen LogP contribution in [0.25, 0.3) is 0 Å². The van der Waals surface area contributed by atoms with E-state index < -0.39 is 46.7 Å². The number of halogens is 3. The van der Waals surface area contributed by atoms with Crippen LogP contribution in [0.3, 0.4) is 0 Å². The summed E-state index contributed by atoms with van der Waals surface area (Å²) in [6, 6.07) is 9.12. The minimum absolute atomic E-state index is 0.0193. The van der Waals surface area contributed by atoms with Crippen LogP contribution in [-0.2, 0) is 11.3 Å². The molecule has 37 heavy (non-hydrogen) atoms. The molecule has 10 heteroatoms. The van der Waals surface area contributed by atoms with Gasteiger partial charge in [-0.1, -0.05) is 54.9 Å². The van der Waals surface area contributed by atoms with Crippen LogP contribution in [0.5, 0.6) is 0 Å². The van der Waals surface area contributed by atoms with Crippen LogP contribution in [0.15, 0.2) is 52.1 Å². The molecule has 1 atom stereocenters. The van der Waals surface area contributed by atoms with Crippen LogP contribution >= 0.6 is 15.9 Å². The molecule has 7 nitrogen and oxygen atoms in total. The summed E-state index contributed by atoms with van der Waals surface area (Å²) < 4.78 is 30.7. The third-order valence-corrected chi connectivity index (χ3v) is 6.64. The Kier molecular flexibility index (Phi) is 8.32. The Balaban J connectivity index is 2.14. The number of Topliss-reactive ketones (excluding diaryl/α,β-unsaturated/α-hetero) is 1. The van der Waals surface area contributed by atoms with Gasteiger partial charge in [-0.2, -0.15) is 0 Å². The molecule has 1 amide bonds. The molecule has 0 bridgehead atoms. The van der Waals surface area contributed by atoms with Gasteiger partial charge < -0.3 is 5.32 Å². The number of nitrogens with zero attached hydrogens (tertiary/aromatic N) is 2. The van der Waals surface area contributed by atoms with E-state index >= 15 is 0 Å². The van der Waals surface area contributed by atoms with Crippen molar-refractivity contribution in [3.63, 3.8) is 0 Å². The number of rotatable bonds is 7. The number of nitrogens with one attached hydrogen (secondary N) is 1. The molecule has 0 saturated heterocycles. The van der Waals surface area contributed by atoms with Crippen molar-refractivity contribution in [2.75, 3.05) is 10.6 Å². The molecule has 0 fully saturated rings. The van der Waals surface area contributed by atoms with Crippen LogP contribution in [0, 0.1) is 24.0 Å². The fourth-order valence-electron chi connectivity index (χ4n) is 3.84. The summed E-state index contributed by atoms with van der Waals surface area (Å²) in [7, 11) is 0. The topological polar surface area (TPSA) is 90.2 Å². The van der Waals surface area contributed by atoms with Crippen LogP contribution in [0.4, 0.5) is 14.5 Å². The fourth-order valence-corrected chi connectivity index (χ4v) is 4.12. The number of hydrogen-bond acceptors (Lipinski definition) is 4. The second-order valence-electron chi connectivity index (χ2n) is 9.76. The number of anilines is 1. The van der Waals surface area contributed by atoms with Gasteiger partial charge >= 0.3 is 5.69 Å². The number of amides is 1. The maximum absolute atomic E-state index is 14.4. The minimum atomic E-state index is -0.849. The predicted molar refractivity (Wildman–Crippen MR) is 142 cm³/mol. The van der Waals surface area contributed by atoms with Crippen molar-refractivity contribution in [3.8, 4) is 0 Å². The predicted octanol–water partition coefficient (Wildman–Crippen LogP) is 4.82. The molecule has 196 valence electrons. The normalized spacial score (nSPS) is 12.3. The standard InChI is InChI=1S/C27H28BrF2N3O4/c1-15(17-9-11-18(12-10-17)31-25(36)27(3,4)5)33-24(35)23(22(34)13-28)16(2)32(26(33)37)14-19-20(29)7-6-8-21(19)30/h6-12,15H,13-14H2,1-5H3,(H,31,36)/t15-/m1/s1. The molecule has 0 aliphatic carbocycles. The molecule has 0 aliphatic rings. The maximum Gasteiger partial charge on any atom is 0.332 e. The van der Waals surface area contributed by atoms with E-state index in [0.29, 0.717) is 11.3 Å². The fraction of sp³-hybridized carbons (Fsp3) is 0.333. The highest BCUT2D eigenvalue weighted by molar-refractivity contribution is 9.09. The second-order valence-corrected chi connectivity index (χ2v) is 10.3. The van der Waals surface area contributed by atoms with Gasteiger partial charge in [0, 0.05) is 22.4 Å². The van der Waals surface area contributed by atoms with E-state index in [1.54, 1.807) is 52.0 Å². The van der Waals surface area contributed by atoms with Gasteiger partial charge in [0.05, 0.1) is 17.9 Å². The Morgan fingerprint density at radius 3 is 2.11 bits per heavy atom. The monoisotopic (exact) mass is 575 g/mol. The lowest BCUT2D eigenvalue weighted by Gasteiger charge is -2.21. The number of aromatic nitrogens is 2. The second kappa shape index (κ2) is 10.9. The Bertz CT molecular complexity index is 1450. The van der Waals surface area contributed by atoms with Crippen LogP contribution in [0.1, 0.15) is 60.9 Å². The van der Waals surface area contributed by atoms with Crippen LogP contribution in [0.2, 0.25) is 0 Å². The number of hydrogen-bond donors (Lipinski definition) is 1. The molecule has 0 saturated carbocycles. The number of carbonyl (C=O) groups excluding carboxylic acids is 2. The van der Waals surface area contributed by atoms with Crippen molar-refractivity contribution >= 4 is 33.3 Å². The van der Waals surface area contributed by atoms with Gasteiger partial charge in [-0.3, -0.25) is 23.5 Å². The highest BCUT2D eigenvalue weighted by Gasteiger charge is 2.26. The summed E-state index contributed by atoms with van der Waals surface area (Å²) in [5.41, 5.74) is -1.69. The third kappa shape index (κ3) is 5.79. The molecule has 0 aliphatic heterocycles. The molecule has 0 radical (unpaired) electrons. The largest absolute Gasteiger partial charge is 0.332 e. The first kappa shape index (κ1) is 28.2. The van der Waals surface area contributed by atoms with Gasteiger partial charge in [-0.05, 0) is 43.7 Å². The van der Waals surface area contributed by atoms with E-state index in [9.17, 15) is 28.0 Å². The number of alkyl halides is 1. The van der Waals surface area contributed by atoms with Gasteiger partial charge in [-0.25, -0.2) is 13.6 Å². The summed E-state index contributed by atoms with van der Waals surface area (Å²) in [5.74, 6) is -2.44. The van der Waals surface area contributed by atoms with Gasteiger partial charge in [0.2, 0.25) is 5.91 Å². The van der Waals surface area contributed by atoms with E-state index in [4.69, 9.17) is 0 Å². The van der Waals surface area contributed by atoms with Gasteiger partial charge in [0.25, 0.3) is 5.56 Å². The zero-order chi connectivity index (χ0) is 27.7. The Morgan fingerprint density at radius 2 is 1.59 bits per heavy atom. The SMILES string of the molecule is Cc1c(C(=O)CBr)c(=O)n([C@H](C)c2ccc(NC(=O)C(C)(C)C)cc2)c(=O)n1Cc1c(F)cccc1F. The van der Waals surface area contributed by atoms with Crippen LogP contribution in [-0.4, -0.2) is 26.2 Å². The van der Waals surface area contributed by atoms with E-state index in [1.165, 1.54) is 13.0 Å². The molecule has 1 N–H and O–H groups in total. The number of benzene rings is 2. The summed E-state index contributed by atoms with van der Waals surface area (Å²) >= 11 is 3.06. The van der Waals surface area contributed by atoms with Gasteiger partial charge in [-0.15, -0.1) is 0 Å². The highest BCUT2D eigenvalue weighted by atomic mass is 79.9. The minimum Gasteiger partial charge on any atom is -0.326 e. The van der Waals surface area contributed by atoms with Crippen molar-refractivity contribution < 1.29 is 18.4 Å². The molecule has 2 aromatic carbocycles. The van der Waals surface area contributed by atoms with Gasteiger partial charge in [0.15, 0.2) is 5.78 Å². The lowest BCUT2D eigenvalue weighted by molar-refractivity contribution is -0.123. The first-order valence-corrected chi connectivity index (χ1v) is 12.7. The maximum atomic E-state index is 14.4. The average Bonchev–Trinajstić information content (AvgIpc) is 2.83. The van der Waals surface area contributed by atoms with E-state index in [-0.39, 0.29) is 28.1 Å². The molecular formula is C27H28BrF2N3O4. The Hall–Kier alpha value is -3.40. The molecule has 0 unspecified atom stereocenters. The van der Waals surface area contributed by atoms with Crippen molar-refractivity contribution in [1.82, 2.24) is 9.13 Å². The van der Waals surface area contributed by atoms with Crippen molar-refractivity contribution in [3.05, 3.63) is 97.3 Å². The molecule has 1 aromatic heterocycles. The van der Waals surface area contributed by atoms with E-state index in [2.05, 4.69) is 21.2 Å². The summed E-state index contributed by atoms with van der Waals surface area (Å²) in [6.07, 6.45) is 0. The smallest absolute Gasteiger partial charge is 0.326 e. The Labute approximate surface area is 221 Å². The van der Waals surface area contributed by atoms with E-state index in [1.807, 2.05) is 0 Å². The first-order valence-electron chi connectivity index (χ1n) is 11.6. The van der Waals surface area contributed by atoms with Crippen molar-refractivity contribution in [2.45, 2.75) is 47.2 Å². The molecule has 3 rings (SSSR count). The third-order valence-electron chi connectivity index (χ3n) is 6.13. The summed E-state index contributed by atoms with van der Waals surface area (Å²) in [4.78, 5) is 51.9. The average molecular weight is 576 g/mol. The first-order chi connectivity index (χ1) is 17.3. The summed E-state index contributed by atoms with van der Waals surface area (Å²) in [6.45, 7) is 7.86. The molecule has 0 spiro atoms. The zero-order valence-corrected chi connectivity index (χ0v) is 22.8. The molecule has 1 heterocycles. The lowest BCUT2D eigenvalue weighted by atomic mass is 9.95. The number of carbonyl (C=O) groups is 2. The molecular weight excluding hydrogens is 548 g/mol. The quantitative estimate of drug-likeness (QED) is 0.323. The lowest BCUT2D eigenvalue weighted by Crippen LogP contribution is -2.46. The van der Waals surface area contributed by atoms with Crippen molar-refractivity contribution in [1.29, 1.82) is 0 Å². The van der Waals surface area contributed by atoms with Crippen LogP contribution < -0.4 is 16.6 Å². The molecule has 3 aromatic rings. The number of ketones is 1. The van der Waals surface area contributed by atoms with Gasteiger partial charge in [0.1, 0.15) is 17.2 Å². The Morgan fingerprint density at radius 1 is 1.03 bits per heavy atom.